The number of rotatable bonds is 6. The maximum absolute atomic E-state index is 11.4. The van der Waals surface area contributed by atoms with Gasteiger partial charge in [0.2, 0.25) is 5.91 Å². The Balaban J connectivity index is 1.93. The Kier molecular flexibility index (Phi) is 5.43. The second-order valence-corrected chi connectivity index (χ2v) is 7.47. The SMILES string of the molecule is C[C@@H](Sc1nnc(-c2ccc(Cl)cc2)n1C[C@@H]1CCCO1)C(N)=O. The van der Waals surface area contributed by atoms with E-state index in [-0.39, 0.29) is 17.3 Å². The zero-order chi connectivity index (χ0) is 17.1. The first-order valence-corrected chi connectivity index (χ1v) is 9.07. The van der Waals surface area contributed by atoms with E-state index in [2.05, 4.69) is 10.2 Å². The molecular formula is C16H19ClN4O2S. The minimum absolute atomic E-state index is 0.135. The van der Waals surface area contributed by atoms with Gasteiger partial charge in [-0.2, -0.15) is 0 Å². The average Bonchev–Trinajstić information content (AvgIpc) is 3.19. The second kappa shape index (κ2) is 7.55. The third-order valence-electron chi connectivity index (χ3n) is 3.91. The van der Waals surface area contributed by atoms with E-state index in [1.165, 1.54) is 11.8 Å². The fourth-order valence-corrected chi connectivity index (χ4v) is 3.50. The summed E-state index contributed by atoms with van der Waals surface area (Å²) in [5.74, 6) is 0.362. The molecule has 2 heterocycles. The number of thioether (sulfide) groups is 1. The van der Waals surface area contributed by atoms with Gasteiger partial charge in [0.15, 0.2) is 11.0 Å². The van der Waals surface area contributed by atoms with Crippen LogP contribution in [0.3, 0.4) is 0 Å². The summed E-state index contributed by atoms with van der Waals surface area (Å²) in [4.78, 5) is 11.4. The highest BCUT2D eigenvalue weighted by Crippen LogP contribution is 2.29. The van der Waals surface area contributed by atoms with E-state index in [0.29, 0.717) is 16.7 Å². The molecule has 2 N–H and O–H groups in total. The van der Waals surface area contributed by atoms with E-state index < -0.39 is 0 Å². The van der Waals surface area contributed by atoms with Crippen molar-refractivity contribution >= 4 is 29.3 Å². The van der Waals surface area contributed by atoms with Gasteiger partial charge in [0.25, 0.3) is 0 Å². The van der Waals surface area contributed by atoms with Gasteiger partial charge in [0, 0.05) is 17.2 Å². The standard InChI is InChI=1S/C16H19ClN4O2S/c1-10(14(18)22)24-16-20-19-15(11-4-6-12(17)7-5-11)21(16)9-13-3-2-8-23-13/h4-7,10,13H,2-3,8-9H2,1H3,(H2,18,22)/t10-,13+/m1/s1. The number of hydrogen-bond donors (Lipinski definition) is 1. The number of ether oxygens (including phenoxy) is 1. The smallest absolute Gasteiger partial charge is 0.230 e. The Bertz CT molecular complexity index is 713. The molecule has 0 spiro atoms. The highest BCUT2D eigenvalue weighted by Gasteiger charge is 2.23. The minimum atomic E-state index is -0.379. The van der Waals surface area contributed by atoms with Crippen molar-refractivity contribution in [2.24, 2.45) is 5.73 Å². The molecule has 24 heavy (non-hydrogen) atoms. The summed E-state index contributed by atoms with van der Waals surface area (Å²) >= 11 is 7.28. The number of benzene rings is 1. The van der Waals surface area contributed by atoms with Crippen molar-refractivity contribution < 1.29 is 9.53 Å². The third kappa shape index (κ3) is 3.91. The number of hydrogen-bond acceptors (Lipinski definition) is 5. The molecule has 1 aliphatic rings. The lowest BCUT2D eigenvalue weighted by Gasteiger charge is -2.15. The van der Waals surface area contributed by atoms with E-state index in [1.54, 1.807) is 6.92 Å². The van der Waals surface area contributed by atoms with Gasteiger partial charge in [0.05, 0.1) is 17.9 Å². The van der Waals surface area contributed by atoms with E-state index in [9.17, 15) is 4.79 Å². The maximum atomic E-state index is 11.4. The second-order valence-electron chi connectivity index (χ2n) is 5.72. The lowest BCUT2D eigenvalue weighted by molar-refractivity contribution is -0.117. The molecule has 128 valence electrons. The van der Waals surface area contributed by atoms with E-state index in [1.807, 2.05) is 28.8 Å². The molecular weight excluding hydrogens is 348 g/mol. The summed E-state index contributed by atoms with van der Waals surface area (Å²) < 4.78 is 7.75. The van der Waals surface area contributed by atoms with Gasteiger partial charge in [-0.15, -0.1) is 10.2 Å². The number of halogens is 1. The first-order valence-electron chi connectivity index (χ1n) is 7.81. The molecule has 0 bridgehead atoms. The molecule has 1 saturated heterocycles. The van der Waals surface area contributed by atoms with Gasteiger partial charge < -0.3 is 10.5 Å². The fourth-order valence-electron chi connectivity index (χ4n) is 2.56. The molecule has 0 radical (unpaired) electrons. The van der Waals surface area contributed by atoms with Gasteiger partial charge >= 0.3 is 0 Å². The normalized spacial score (nSPS) is 18.7. The number of amides is 1. The van der Waals surface area contributed by atoms with Crippen molar-refractivity contribution in [3.63, 3.8) is 0 Å². The zero-order valence-electron chi connectivity index (χ0n) is 13.3. The van der Waals surface area contributed by atoms with Crippen LogP contribution < -0.4 is 5.73 Å². The molecule has 0 aliphatic carbocycles. The molecule has 1 aliphatic heterocycles. The maximum Gasteiger partial charge on any atom is 0.230 e. The quantitative estimate of drug-likeness (QED) is 0.795. The Morgan fingerprint density at radius 2 is 2.21 bits per heavy atom. The van der Waals surface area contributed by atoms with Crippen molar-refractivity contribution in [1.82, 2.24) is 14.8 Å². The van der Waals surface area contributed by atoms with Crippen molar-refractivity contribution in [1.29, 1.82) is 0 Å². The van der Waals surface area contributed by atoms with Crippen LogP contribution in [0.1, 0.15) is 19.8 Å². The molecule has 8 heteroatoms. The summed E-state index contributed by atoms with van der Waals surface area (Å²) in [7, 11) is 0. The Labute approximate surface area is 149 Å². The third-order valence-corrected chi connectivity index (χ3v) is 5.26. The summed E-state index contributed by atoms with van der Waals surface area (Å²) in [6.45, 7) is 3.20. The van der Waals surface area contributed by atoms with Crippen molar-refractivity contribution in [2.75, 3.05) is 6.61 Å². The number of aromatic nitrogens is 3. The van der Waals surface area contributed by atoms with E-state index >= 15 is 0 Å². The molecule has 1 aromatic heterocycles. The summed E-state index contributed by atoms with van der Waals surface area (Å²) in [5.41, 5.74) is 6.30. The van der Waals surface area contributed by atoms with Crippen LogP contribution in [0.25, 0.3) is 11.4 Å². The lowest BCUT2D eigenvalue weighted by atomic mass is 10.2. The Hall–Kier alpha value is -1.57. The van der Waals surface area contributed by atoms with E-state index in [0.717, 1.165) is 30.8 Å². The predicted octanol–water partition coefficient (Wildman–Crippen LogP) is 2.74. The first kappa shape index (κ1) is 17.3. The van der Waals surface area contributed by atoms with Gasteiger partial charge in [-0.3, -0.25) is 9.36 Å². The topological polar surface area (TPSA) is 83.0 Å². The lowest BCUT2D eigenvalue weighted by Crippen LogP contribution is -2.23. The van der Waals surface area contributed by atoms with Crippen LogP contribution in [-0.4, -0.2) is 38.6 Å². The largest absolute Gasteiger partial charge is 0.376 e. The number of nitrogens with two attached hydrogens (primary N) is 1. The van der Waals surface area contributed by atoms with Crippen LogP contribution in [0.15, 0.2) is 29.4 Å². The van der Waals surface area contributed by atoms with E-state index in [4.69, 9.17) is 22.1 Å². The van der Waals surface area contributed by atoms with Crippen LogP contribution in [0.4, 0.5) is 0 Å². The summed E-state index contributed by atoms with van der Waals surface area (Å²) in [6, 6.07) is 7.45. The summed E-state index contributed by atoms with van der Waals surface area (Å²) in [6.07, 6.45) is 2.20. The Morgan fingerprint density at radius 1 is 1.46 bits per heavy atom. The predicted molar refractivity (Wildman–Crippen MR) is 94.0 cm³/mol. The fraction of sp³-hybridized carbons (Fsp3) is 0.438. The number of carbonyl (C=O) groups excluding carboxylic acids is 1. The highest BCUT2D eigenvalue weighted by atomic mass is 35.5. The van der Waals surface area contributed by atoms with Crippen molar-refractivity contribution in [3.05, 3.63) is 29.3 Å². The van der Waals surface area contributed by atoms with Gasteiger partial charge in [-0.25, -0.2) is 0 Å². The molecule has 0 saturated carbocycles. The minimum Gasteiger partial charge on any atom is -0.376 e. The van der Waals surface area contributed by atoms with Gasteiger partial charge in [-0.1, -0.05) is 23.4 Å². The summed E-state index contributed by atoms with van der Waals surface area (Å²) in [5, 5.41) is 9.53. The van der Waals surface area contributed by atoms with Crippen molar-refractivity contribution in [2.45, 2.75) is 42.8 Å². The zero-order valence-corrected chi connectivity index (χ0v) is 14.9. The van der Waals surface area contributed by atoms with Crippen LogP contribution >= 0.6 is 23.4 Å². The van der Waals surface area contributed by atoms with Crippen LogP contribution in [0.2, 0.25) is 5.02 Å². The van der Waals surface area contributed by atoms with Gasteiger partial charge in [-0.05, 0) is 44.0 Å². The first-order chi connectivity index (χ1) is 11.5. The number of nitrogens with zero attached hydrogens (tertiary/aromatic N) is 3. The van der Waals surface area contributed by atoms with Gasteiger partial charge in [0.1, 0.15) is 0 Å². The van der Waals surface area contributed by atoms with Crippen LogP contribution in [0.5, 0.6) is 0 Å². The molecule has 0 unspecified atom stereocenters. The molecule has 1 fully saturated rings. The molecule has 3 rings (SSSR count). The van der Waals surface area contributed by atoms with Crippen molar-refractivity contribution in [3.8, 4) is 11.4 Å². The number of primary amides is 1. The Morgan fingerprint density at radius 3 is 2.83 bits per heavy atom. The monoisotopic (exact) mass is 366 g/mol. The molecule has 1 aromatic carbocycles. The van der Waals surface area contributed by atoms with Crippen LogP contribution in [-0.2, 0) is 16.1 Å². The molecule has 2 aromatic rings. The average molecular weight is 367 g/mol. The van der Waals surface area contributed by atoms with Crippen LogP contribution in [0, 0.1) is 0 Å². The highest BCUT2D eigenvalue weighted by molar-refractivity contribution is 8.00. The number of carbonyl (C=O) groups is 1. The molecule has 1 amide bonds. The molecule has 2 atom stereocenters. The molecule has 6 nitrogen and oxygen atoms in total.